The molecule has 1 amide bonds. The number of aromatic nitrogens is 2. The van der Waals surface area contributed by atoms with Gasteiger partial charge in [-0.05, 0) is 43.2 Å². The van der Waals surface area contributed by atoms with Crippen molar-refractivity contribution in [2.24, 2.45) is 0 Å². The number of benzene rings is 3. The average Bonchev–Trinajstić information content (AvgIpc) is 3.27. The van der Waals surface area contributed by atoms with Crippen LogP contribution in [0.4, 0.5) is 20.3 Å². The smallest absolute Gasteiger partial charge is 0.253 e. The van der Waals surface area contributed by atoms with E-state index in [1.54, 1.807) is 26.0 Å². The van der Waals surface area contributed by atoms with Crippen LogP contribution in [0.5, 0.6) is 0 Å². The molecule has 2 atom stereocenters. The molecule has 0 aliphatic rings. The van der Waals surface area contributed by atoms with Crippen molar-refractivity contribution in [1.29, 1.82) is 0 Å². The van der Waals surface area contributed by atoms with Crippen LogP contribution in [-0.2, 0) is 17.7 Å². The fraction of sp³-hybridized carbons (Fsp3) is 0.160. The number of aryl methyl sites for hydroxylation is 1. The molecule has 2 unspecified atom stereocenters. The number of rotatable bonds is 8. The zero-order chi connectivity index (χ0) is 25.8. The Labute approximate surface area is 213 Å². The number of amides is 1. The first-order chi connectivity index (χ1) is 17.2. The molecule has 11 heteroatoms. The molecule has 0 radical (unpaired) electrons. The van der Waals surface area contributed by atoms with Crippen LogP contribution < -0.4 is 9.62 Å². The molecule has 0 saturated heterocycles. The minimum Gasteiger partial charge on any atom is -0.755 e. The van der Waals surface area contributed by atoms with Gasteiger partial charge in [-0.2, -0.15) is 8.75 Å². The lowest BCUT2D eigenvalue weighted by Crippen LogP contribution is -2.30. The van der Waals surface area contributed by atoms with E-state index in [-0.39, 0.29) is 22.6 Å². The van der Waals surface area contributed by atoms with Gasteiger partial charge in [-0.25, -0.2) is 8.78 Å². The minimum atomic E-state index is -2.84. The van der Waals surface area contributed by atoms with E-state index in [0.717, 1.165) is 33.7 Å². The largest absolute Gasteiger partial charge is 0.755 e. The number of carbonyl (C=O) groups is 1. The first kappa shape index (κ1) is 25.5. The summed E-state index contributed by atoms with van der Waals surface area (Å²) in [5.41, 5.74) is 2.27. The highest BCUT2D eigenvalue weighted by molar-refractivity contribution is 7.81. The van der Waals surface area contributed by atoms with E-state index in [4.69, 9.17) is 0 Å². The van der Waals surface area contributed by atoms with Crippen molar-refractivity contribution >= 4 is 40.4 Å². The molecular weight excluding hydrogens is 506 g/mol. The molecule has 0 saturated carbocycles. The maximum atomic E-state index is 14.2. The van der Waals surface area contributed by atoms with Gasteiger partial charge in [0.15, 0.2) is 5.82 Å². The highest BCUT2D eigenvalue weighted by atomic mass is 32.2. The summed E-state index contributed by atoms with van der Waals surface area (Å²) in [5.74, 6) is -2.07. The summed E-state index contributed by atoms with van der Waals surface area (Å²) in [7, 11) is 0. The summed E-state index contributed by atoms with van der Waals surface area (Å²) in [6.45, 7) is 3.31. The average molecular weight is 528 g/mol. The molecule has 1 N–H and O–H groups in total. The molecule has 186 valence electrons. The number of nitrogens with zero attached hydrogens (tertiary/aromatic N) is 3. The molecule has 0 bridgehead atoms. The molecule has 4 rings (SSSR count). The topological polar surface area (TPSA) is 98.2 Å². The number of carbonyl (C=O) groups excluding carboxylic acids is 1. The number of halogens is 2. The first-order valence-electron chi connectivity index (χ1n) is 10.9. The molecular formula is C25H21F2N4O3S2-. The number of nitrogens with one attached hydrogen (secondary N) is 1. The second-order valence-electron chi connectivity index (χ2n) is 8.09. The summed E-state index contributed by atoms with van der Waals surface area (Å²) in [4.78, 5) is 13.2. The van der Waals surface area contributed by atoms with E-state index < -0.39 is 34.8 Å². The molecule has 0 fully saturated rings. The van der Waals surface area contributed by atoms with Gasteiger partial charge in [-0.3, -0.25) is 13.3 Å². The SMILES string of the molecule is Cc1ccc(C(=O)NC(C)c2ccc(F)cc2F)c(N(c2nsnc2Cc2ccccc2)S(=O)[O-])c1. The molecule has 0 spiro atoms. The van der Waals surface area contributed by atoms with Crippen molar-refractivity contribution < 1.29 is 22.3 Å². The maximum Gasteiger partial charge on any atom is 0.253 e. The van der Waals surface area contributed by atoms with Gasteiger partial charge in [0, 0.05) is 18.1 Å². The fourth-order valence-corrected chi connectivity index (χ4v) is 4.93. The van der Waals surface area contributed by atoms with E-state index in [1.165, 1.54) is 12.1 Å². The van der Waals surface area contributed by atoms with Gasteiger partial charge in [-0.1, -0.05) is 42.5 Å². The van der Waals surface area contributed by atoms with Gasteiger partial charge < -0.3 is 9.87 Å². The Kier molecular flexibility index (Phi) is 7.82. The fourth-order valence-electron chi connectivity index (χ4n) is 3.73. The standard InChI is InChI=1S/C25H22F2N4O3S2/c1-15-8-10-20(25(32)28-16(2)19-11-9-18(26)14-21(19)27)23(12-15)31(36(33)34)24-22(29-35-30-24)13-17-6-4-3-5-7-17/h3-12,14,16H,13H2,1-2H3,(H,28,32)(H,33,34)/p-1. The third-order valence-electron chi connectivity index (χ3n) is 5.49. The van der Waals surface area contributed by atoms with Gasteiger partial charge in [0.1, 0.15) is 17.3 Å². The third kappa shape index (κ3) is 5.64. The van der Waals surface area contributed by atoms with E-state index in [1.807, 2.05) is 30.3 Å². The van der Waals surface area contributed by atoms with Gasteiger partial charge in [-0.15, -0.1) is 0 Å². The van der Waals surface area contributed by atoms with Gasteiger partial charge >= 0.3 is 0 Å². The molecule has 0 aliphatic heterocycles. The van der Waals surface area contributed by atoms with E-state index in [9.17, 15) is 22.3 Å². The van der Waals surface area contributed by atoms with Crippen molar-refractivity contribution in [3.05, 3.63) is 106 Å². The number of hydrogen-bond acceptors (Lipinski definition) is 6. The van der Waals surface area contributed by atoms with Crippen LogP contribution in [-0.4, -0.2) is 23.4 Å². The predicted molar refractivity (Wildman–Crippen MR) is 134 cm³/mol. The second-order valence-corrected chi connectivity index (χ2v) is 9.42. The zero-order valence-corrected chi connectivity index (χ0v) is 20.9. The zero-order valence-electron chi connectivity index (χ0n) is 19.3. The van der Waals surface area contributed by atoms with Gasteiger partial charge in [0.2, 0.25) is 0 Å². The summed E-state index contributed by atoms with van der Waals surface area (Å²) in [5, 5.41) is 2.66. The molecule has 4 aromatic rings. The van der Waals surface area contributed by atoms with Crippen molar-refractivity contribution in [1.82, 2.24) is 14.1 Å². The summed E-state index contributed by atoms with van der Waals surface area (Å²) in [6.07, 6.45) is 0.342. The quantitative estimate of drug-likeness (QED) is 0.320. The number of anilines is 2. The van der Waals surface area contributed by atoms with E-state index in [0.29, 0.717) is 17.7 Å². The van der Waals surface area contributed by atoms with E-state index in [2.05, 4.69) is 14.1 Å². The van der Waals surface area contributed by atoms with Gasteiger partial charge in [0.05, 0.1) is 40.3 Å². The Morgan fingerprint density at radius 3 is 2.56 bits per heavy atom. The Morgan fingerprint density at radius 2 is 1.86 bits per heavy atom. The molecule has 0 aliphatic carbocycles. The lowest BCUT2D eigenvalue weighted by atomic mass is 10.1. The third-order valence-corrected chi connectivity index (χ3v) is 6.71. The molecule has 3 aromatic carbocycles. The van der Waals surface area contributed by atoms with Crippen molar-refractivity contribution in [3.63, 3.8) is 0 Å². The lowest BCUT2D eigenvalue weighted by Gasteiger charge is -2.27. The minimum absolute atomic E-state index is 0.0397. The summed E-state index contributed by atoms with van der Waals surface area (Å²) < 4.78 is 61.9. The number of hydrogen-bond donors (Lipinski definition) is 1. The van der Waals surface area contributed by atoms with Crippen LogP contribution in [0.3, 0.4) is 0 Å². The van der Waals surface area contributed by atoms with Crippen LogP contribution in [0.2, 0.25) is 0 Å². The molecule has 1 aromatic heterocycles. The highest BCUT2D eigenvalue weighted by Crippen LogP contribution is 2.33. The van der Waals surface area contributed by atoms with Crippen molar-refractivity contribution in [2.45, 2.75) is 26.3 Å². The first-order valence-corrected chi connectivity index (χ1v) is 12.6. The molecule has 1 heterocycles. The van der Waals surface area contributed by atoms with Crippen molar-refractivity contribution in [3.8, 4) is 0 Å². The monoisotopic (exact) mass is 527 g/mol. The molecule has 7 nitrogen and oxygen atoms in total. The Hall–Kier alpha value is -3.54. The van der Waals surface area contributed by atoms with Crippen LogP contribution in [0.25, 0.3) is 0 Å². The Balaban J connectivity index is 1.70. The van der Waals surface area contributed by atoms with Crippen molar-refractivity contribution in [2.75, 3.05) is 4.31 Å². The second kappa shape index (κ2) is 11.0. The lowest BCUT2D eigenvalue weighted by molar-refractivity contribution is 0.0940. The van der Waals surface area contributed by atoms with Gasteiger partial charge in [0.25, 0.3) is 5.91 Å². The van der Waals surface area contributed by atoms with Crippen LogP contribution in [0.1, 0.15) is 45.7 Å². The highest BCUT2D eigenvalue weighted by Gasteiger charge is 2.25. The van der Waals surface area contributed by atoms with Crippen LogP contribution >= 0.6 is 11.7 Å². The Bertz CT molecular complexity index is 1420. The molecule has 36 heavy (non-hydrogen) atoms. The van der Waals surface area contributed by atoms with Crippen LogP contribution in [0.15, 0.2) is 66.7 Å². The Morgan fingerprint density at radius 1 is 1.11 bits per heavy atom. The maximum absolute atomic E-state index is 14.2. The van der Waals surface area contributed by atoms with Crippen LogP contribution in [0, 0.1) is 18.6 Å². The summed E-state index contributed by atoms with van der Waals surface area (Å²) >= 11 is -1.97. The normalized spacial score (nSPS) is 12.7. The summed E-state index contributed by atoms with van der Waals surface area (Å²) in [6, 6.07) is 16.4. The predicted octanol–water partition coefficient (Wildman–Crippen LogP) is 5.14. The van der Waals surface area contributed by atoms with E-state index >= 15 is 0 Å².